The smallest absolute Gasteiger partial charge is 0.326 e. The second-order valence-corrected chi connectivity index (χ2v) is 16.1. The molecule has 0 saturated carbocycles. The number of amides is 4. The molecule has 312 valence electrons. The third-order valence-corrected chi connectivity index (χ3v) is 11.6. The number of likely N-dealkylation sites (N-methyl/N-ethyl adjacent to an activating group) is 2. The van der Waals surface area contributed by atoms with Crippen LogP contribution in [0.2, 0.25) is 0 Å². The lowest BCUT2D eigenvalue weighted by atomic mass is 9.89. The molecular weight excluding hydrogens is 709 g/mol. The first-order valence-corrected chi connectivity index (χ1v) is 19.6. The van der Waals surface area contributed by atoms with Crippen LogP contribution in [0.3, 0.4) is 0 Å². The summed E-state index contributed by atoms with van der Waals surface area (Å²) in [5, 5.41) is 18.5. The van der Waals surface area contributed by atoms with Gasteiger partial charge in [-0.2, -0.15) is 0 Å². The third kappa shape index (κ3) is 12.2. The van der Waals surface area contributed by atoms with Crippen LogP contribution in [-0.4, -0.2) is 121 Å². The standard InChI is InChI=1S/C41H68FN5O8/c1-14-24(6)36(46(11)40(51)35(23(4)5)45-39(50)34(43-10)22(2)3)32(54-12)21-33(48)47-27(9)25(7)18-31(47)37(55-13)26(8)38(49)44-30(41(52)53)20-28-16-15-17-29(42)19-28/h15-17,19,22-27,30-32,34-37,43H,14,18,20-21H2,1-13H3,(H,44,49)(H,45,50)(H,52,53)/t24-,25-,26+,27?,30-,31-,32+,34-,35-,36?,37+/m0/s1. The van der Waals surface area contributed by atoms with E-state index in [0.29, 0.717) is 18.4 Å². The van der Waals surface area contributed by atoms with E-state index in [1.54, 1.807) is 36.9 Å². The normalized spacial score (nSPS) is 21.6. The number of hydrogen-bond donors (Lipinski definition) is 4. The quantitative estimate of drug-likeness (QED) is 0.145. The van der Waals surface area contributed by atoms with Gasteiger partial charge in [0.25, 0.3) is 0 Å². The van der Waals surface area contributed by atoms with Crippen molar-refractivity contribution in [3.05, 3.63) is 35.6 Å². The summed E-state index contributed by atoms with van der Waals surface area (Å²) in [6.07, 6.45) is -0.422. The van der Waals surface area contributed by atoms with Crippen LogP contribution in [0.4, 0.5) is 4.39 Å². The Morgan fingerprint density at radius 3 is 2.07 bits per heavy atom. The monoisotopic (exact) mass is 778 g/mol. The highest BCUT2D eigenvalue weighted by atomic mass is 19.1. The van der Waals surface area contributed by atoms with Gasteiger partial charge in [0.2, 0.25) is 23.6 Å². The van der Waals surface area contributed by atoms with Crippen molar-refractivity contribution >= 4 is 29.6 Å². The topological polar surface area (TPSA) is 167 Å². The minimum atomic E-state index is -1.31. The highest BCUT2D eigenvalue weighted by molar-refractivity contribution is 5.90. The summed E-state index contributed by atoms with van der Waals surface area (Å²) in [6.45, 7) is 17.3. The van der Waals surface area contributed by atoms with Crippen LogP contribution in [0.5, 0.6) is 0 Å². The summed E-state index contributed by atoms with van der Waals surface area (Å²) in [6, 6.07) is 1.72. The van der Waals surface area contributed by atoms with Crippen molar-refractivity contribution in [1.29, 1.82) is 0 Å². The Kier molecular flexibility index (Phi) is 18.7. The van der Waals surface area contributed by atoms with Crippen molar-refractivity contribution in [1.82, 2.24) is 25.8 Å². The number of likely N-dealkylation sites (tertiary alicyclic amines) is 1. The molecule has 0 aromatic heterocycles. The molecule has 0 aliphatic carbocycles. The fraction of sp³-hybridized carbons (Fsp3) is 0.732. The molecule has 14 heteroatoms. The van der Waals surface area contributed by atoms with E-state index in [9.17, 15) is 33.5 Å². The van der Waals surface area contributed by atoms with E-state index in [1.165, 1.54) is 32.4 Å². The summed E-state index contributed by atoms with van der Waals surface area (Å²) < 4.78 is 25.8. The van der Waals surface area contributed by atoms with E-state index in [4.69, 9.17) is 9.47 Å². The average molecular weight is 778 g/mol. The van der Waals surface area contributed by atoms with Gasteiger partial charge in [-0.1, -0.05) is 73.9 Å². The van der Waals surface area contributed by atoms with Crippen LogP contribution in [0, 0.1) is 35.4 Å². The van der Waals surface area contributed by atoms with Crippen LogP contribution in [0.25, 0.3) is 0 Å². The van der Waals surface area contributed by atoms with Gasteiger partial charge in [-0.25, -0.2) is 9.18 Å². The van der Waals surface area contributed by atoms with Gasteiger partial charge in [0.1, 0.15) is 17.9 Å². The molecule has 1 heterocycles. The Labute approximate surface area is 327 Å². The maximum atomic E-state index is 14.5. The molecule has 2 rings (SSSR count). The molecule has 1 aliphatic rings. The summed E-state index contributed by atoms with van der Waals surface area (Å²) in [4.78, 5) is 71.0. The zero-order valence-electron chi connectivity index (χ0n) is 35.2. The van der Waals surface area contributed by atoms with Crippen molar-refractivity contribution in [2.75, 3.05) is 28.3 Å². The van der Waals surface area contributed by atoms with Gasteiger partial charge in [0, 0.05) is 33.7 Å². The molecule has 13 nitrogen and oxygen atoms in total. The first kappa shape index (κ1) is 47.5. The number of benzene rings is 1. The molecule has 4 N–H and O–H groups in total. The highest BCUT2D eigenvalue weighted by Gasteiger charge is 2.47. The zero-order valence-corrected chi connectivity index (χ0v) is 35.2. The number of rotatable bonds is 21. The molecule has 0 radical (unpaired) electrons. The molecule has 11 atom stereocenters. The summed E-state index contributed by atoms with van der Waals surface area (Å²) in [5.41, 5.74) is 0.424. The minimum Gasteiger partial charge on any atom is -0.480 e. The molecule has 0 spiro atoms. The molecule has 2 unspecified atom stereocenters. The van der Waals surface area contributed by atoms with Crippen LogP contribution in [-0.2, 0) is 39.9 Å². The fourth-order valence-electron chi connectivity index (χ4n) is 7.97. The largest absolute Gasteiger partial charge is 0.480 e. The van der Waals surface area contributed by atoms with E-state index < -0.39 is 66.0 Å². The molecule has 55 heavy (non-hydrogen) atoms. The van der Waals surface area contributed by atoms with E-state index in [0.717, 1.165) is 0 Å². The number of methoxy groups -OCH3 is 2. The van der Waals surface area contributed by atoms with E-state index in [-0.39, 0.29) is 60.3 Å². The molecule has 1 saturated heterocycles. The van der Waals surface area contributed by atoms with Crippen LogP contribution in [0.1, 0.15) is 87.1 Å². The van der Waals surface area contributed by atoms with E-state index >= 15 is 0 Å². The van der Waals surface area contributed by atoms with Gasteiger partial charge in [0.05, 0.1) is 42.7 Å². The van der Waals surface area contributed by atoms with Gasteiger partial charge in [0.15, 0.2) is 0 Å². The van der Waals surface area contributed by atoms with Gasteiger partial charge < -0.3 is 40.3 Å². The predicted octanol–water partition coefficient (Wildman–Crippen LogP) is 3.88. The molecule has 1 aromatic rings. The lowest BCUT2D eigenvalue weighted by Gasteiger charge is -2.41. The van der Waals surface area contributed by atoms with Crippen LogP contribution in [0.15, 0.2) is 24.3 Å². The fourth-order valence-corrected chi connectivity index (χ4v) is 7.97. The van der Waals surface area contributed by atoms with Crippen molar-refractivity contribution in [2.24, 2.45) is 29.6 Å². The second kappa shape index (κ2) is 21.6. The molecule has 0 bridgehead atoms. The molecule has 4 amide bonds. The maximum Gasteiger partial charge on any atom is 0.326 e. The molecule has 1 aliphatic heterocycles. The Morgan fingerprint density at radius 1 is 0.964 bits per heavy atom. The highest BCUT2D eigenvalue weighted by Crippen LogP contribution is 2.36. The number of nitrogens with one attached hydrogen (secondary N) is 3. The number of carbonyl (C=O) groups is 5. The number of hydrogen-bond acceptors (Lipinski definition) is 8. The summed E-state index contributed by atoms with van der Waals surface area (Å²) >= 11 is 0. The molecule has 1 aromatic carbocycles. The first-order chi connectivity index (χ1) is 25.7. The van der Waals surface area contributed by atoms with Crippen molar-refractivity contribution < 1.29 is 42.9 Å². The third-order valence-electron chi connectivity index (χ3n) is 11.6. The summed E-state index contributed by atoms with van der Waals surface area (Å²) in [7, 11) is 6.39. The van der Waals surface area contributed by atoms with Gasteiger partial charge in [-0.05, 0) is 61.8 Å². The number of carbonyl (C=O) groups excluding carboxylic acids is 4. The SMILES string of the molecule is CC[C@H](C)C([C@@H](CC(=O)N1C(C)[C@@H](C)C[C@H]1[C@H](OC)[C@@H](C)C(=O)N[C@@H](Cc1cccc(F)c1)C(=O)O)OC)N(C)C(=O)[C@@H](NC(=O)[C@@H](NC)C(C)C)C(C)C. The Bertz CT molecular complexity index is 1440. The molecule has 1 fully saturated rings. The minimum absolute atomic E-state index is 0.00502. The zero-order chi connectivity index (χ0) is 41.9. The first-order valence-electron chi connectivity index (χ1n) is 19.6. The number of ether oxygens (including phenoxy) is 2. The maximum absolute atomic E-state index is 14.5. The Balaban J connectivity index is 2.36. The van der Waals surface area contributed by atoms with Crippen molar-refractivity contribution in [3.8, 4) is 0 Å². The van der Waals surface area contributed by atoms with E-state index in [2.05, 4.69) is 16.0 Å². The molecular formula is C41H68FN5O8. The van der Waals surface area contributed by atoms with Crippen LogP contribution >= 0.6 is 0 Å². The number of nitrogens with zero attached hydrogens (tertiary/aromatic N) is 2. The Morgan fingerprint density at radius 2 is 1.58 bits per heavy atom. The van der Waals surface area contributed by atoms with Gasteiger partial charge >= 0.3 is 5.97 Å². The number of carboxylic acid groups (broad SMARTS) is 1. The van der Waals surface area contributed by atoms with Crippen LogP contribution < -0.4 is 16.0 Å². The predicted molar refractivity (Wildman–Crippen MR) is 209 cm³/mol. The number of aliphatic carboxylic acids is 1. The van der Waals surface area contributed by atoms with Crippen molar-refractivity contribution in [3.63, 3.8) is 0 Å². The van der Waals surface area contributed by atoms with Gasteiger partial charge in [-0.3, -0.25) is 19.2 Å². The van der Waals surface area contributed by atoms with Crippen molar-refractivity contribution in [2.45, 2.75) is 136 Å². The van der Waals surface area contributed by atoms with Gasteiger partial charge in [-0.15, -0.1) is 0 Å². The lowest BCUT2D eigenvalue weighted by molar-refractivity contribution is -0.149. The lowest BCUT2D eigenvalue weighted by Crippen LogP contribution is -2.60. The number of halogens is 1. The Hall–Kier alpha value is -3.62. The summed E-state index contributed by atoms with van der Waals surface area (Å²) in [5.74, 6) is -4.19. The van der Waals surface area contributed by atoms with E-state index in [1.807, 2.05) is 55.4 Å². The number of carboxylic acids is 1. The second-order valence-electron chi connectivity index (χ2n) is 16.1. The average Bonchev–Trinajstić information content (AvgIpc) is 3.42.